The van der Waals surface area contributed by atoms with Gasteiger partial charge in [0, 0.05) is 25.0 Å². The zero-order valence-corrected chi connectivity index (χ0v) is 12.8. The third-order valence-corrected chi connectivity index (χ3v) is 5.57. The van der Waals surface area contributed by atoms with E-state index in [9.17, 15) is 4.79 Å². The monoisotopic (exact) mass is 336 g/mol. The maximum absolute atomic E-state index is 12.3. The predicted molar refractivity (Wildman–Crippen MR) is 76.7 cm³/mol. The van der Waals surface area contributed by atoms with Crippen molar-refractivity contribution in [1.82, 2.24) is 0 Å². The molecule has 0 heterocycles. The average molecular weight is 338 g/mol. The van der Waals surface area contributed by atoms with E-state index in [0.717, 1.165) is 5.56 Å². The van der Waals surface area contributed by atoms with E-state index in [1.807, 2.05) is 6.08 Å². The summed E-state index contributed by atoms with van der Waals surface area (Å²) < 4.78 is 5.45. The lowest BCUT2D eigenvalue weighted by Crippen LogP contribution is -2.44. The number of hydrogen-bond acceptors (Lipinski definition) is 2. The Labute approximate surface area is 130 Å². The number of carbonyl (C=O) groups is 1. The number of fused-ring (bicyclic) bond motifs is 1. The van der Waals surface area contributed by atoms with Gasteiger partial charge in [0.25, 0.3) is 0 Å². The van der Waals surface area contributed by atoms with E-state index in [1.54, 1.807) is 6.08 Å². The van der Waals surface area contributed by atoms with Gasteiger partial charge >= 0.3 is 0 Å². The molecule has 0 spiro atoms. The minimum absolute atomic E-state index is 0.0497. The molecule has 0 radical (unpaired) electrons. The van der Waals surface area contributed by atoms with Crippen LogP contribution in [0.15, 0.2) is 12.2 Å². The van der Waals surface area contributed by atoms with Crippen LogP contribution in [0, 0.1) is 0 Å². The van der Waals surface area contributed by atoms with Crippen LogP contribution in [0.5, 0.6) is 0 Å². The van der Waals surface area contributed by atoms with E-state index < -0.39 is 5.60 Å². The van der Waals surface area contributed by atoms with Crippen LogP contribution in [0.3, 0.4) is 0 Å². The summed E-state index contributed by atoms with van der Waals surface area (Å²) in [6.07, 6.45) is 3.95. The molecule has 6 heteroatoms. The molecule has 2 bridgehead atoms. The van der Waals surface area contributed by atoms with Crippen molar-refractivity contribution < 1.29 is 9.53 Å². The van der Waals surface area contributed by atoms with Gasteiger partial charge < -0.3 is 4.74 Å². The lowest BCUT2D eigenvalue weighted by atomic mass is 9.67. The Morgan fingerprint density at radius 1 is 1.16 bits per heavy atom. The van der Waals surface area contributed by atoms with Crippen LogP contribution in [-0.2, 0) is 15.1 Å². The highest BCUT2D eigenvalue weighted by Gasteiger charge is 2.51. The minimum atomic E-state index is -1.20. The largest absolute Gasteiger partial charge is 0.362 e. The predicted octanol–water partition coefficient (Wildman–Crippen LogP) is 4.77. The molecule has 100 valence electrons. The summed E-state index contributed by atoms with van der Waals surface area (Å²) in [5.41, 5.74) is 0.0730. The van der Waals surface area contributed by atoms with Crippen LogP contribution in [0.25, 0.3) is 0 Å². The molecule has 2 atom stereocenters. The normalized spacial score (nSPS) is 27.8. The van der Waals surface area contributed by atoms with Gasteiger partial charge in [-0.15, -0.1) is 0 Å². The summed E-state index contributed by atoms with van der Waals surface area (Å²) in [6.45, 7) is 0. The Kier molecular flexibility index (Phi) is 3.16. The molecule has 0 saturated heterocycles. The molecule has 1 aromatic rings. The number of ether oxygens (including phenoxy) is 1. The highest BCUT2D eigenvalue weighted by atomic mass is 35.5. The van der Waals surface area contributed by atoms with Crippen LogP contribution in [0.1, 0.15) is 23.5 Å². The average Bonchev–Trinajstić information content (AvgIpc) is 2.42. The second-order valence-corrected chi connectivity index (χ2v) is 6.09. The first kappa shape index (κ1) is 13.7. The summed E-state index contributed by atoms with van der Waals surface area (Å²) in [7, 11) is 1.46. The molecule has 0 aromatic heterocycles. The van der Waals surface area contributed by atoms with Crippen LogP contribution in [0.4, 0.5) is 0 Å². The Balaban J connectivity index is 2.45. The van der Waals surface area contributed by atoms with Crippen molar-refractivity contribution in [1.29, 1.82) is 0 Å². The van der Waals surface area contributed by atoms with Gasteiger partial charge in [-0.3, -0.25) is 4.79 Å². The first-order chi connectivity index (χ1) is 8.94. The molecule has 0 unspecified atom stereocenters. The van der Waals surface area contributed by atoms with Gasteiger partial charge in [0.05, 0.1) is 20.1 Å². The van der Waals surface area contributed by atoms with E-state index in [0.29, 0.717) is 17.0 Å². The van der Waals surface area contributed by atoms with Crippen molar-refractivity contribution in [2.24, 2.45) is 0 Å². The topological polar surface area (TPSA) is 26.3 Å². The standard InChI is InChI=1S/C13H8Cl4O2/c1-19-13-3-2-5(4-6(13)18)7-8(13)10(15)12(17)11(16)9(7)14/h2-3,5H,4H2,1H3/t5-,13+/m1/s1. The zero-order chi connectivity index (χ0) is 13.9. The lowest BCUT2D eigenvalue weighted by Gasteiger charge is -2.42. The van der Waals surface area contributed by atoms with Crippen molar-refractivity contribution in [3.63, 3.8) is 0 Å². The second kappa shape index (κ2) is 4.37. The quantitative estimate of drug-likeness (QED) is 0.419. The number of rotatable bonds is 1. The van der Waals surface area contributed by atoms with Crippen molar-refractivity contribution in [2.75, 3.05) is 7.11 Å². The smallest absolute Gasteiger partial charge is 0.174 e. The summed E-state index contributed by atoms with van der Waals surface area (Å²) in [4.78, 5) is 12.3. The zero-order valence-electron chi connectivity index (χ0n) is 9.77. The molecule has 2 nitrogen and oxygen atoms in total. The van der Waals surface area contributed by atoms with E-state index in [2.05, 4.69) is 0 Å². The van der Waals surface area contributed by atoms with Gasteiger partial charge in [0.1, 0.15) is 0 Å². The number of ketones is 1. The Hall–Kier alpha value is -0.250. The summed E-state index contributed by atoms with van der Waals surface area (Å²) in [6, 6.07) is 0. The molecule has 1 aromatic carbocycles. The van der Waals surface area contributed by atoms with E-state index in [4.69, 9.17) is 51.1 Å². The Morgan fingerprint density at radius 2 is 1.79 bits per heavy atom. The molecule has 0 saturated carbocycles. The minimum Gasteiger partial charge on any atom is -0.362 e. The summed E-state index contributed by atoms with van der Waals surface area (Å²) >= 11 is 24.7. The number of carbonyl (C=O) groups excluding carboxylic acids is 1. The molecule has 4 rings (SSSR count). The first-order valence-corrected chi connectivity index (χ1v) is 7.09. The van der Waals surface area contributed by atoms with Crippen molar-refractivity contribution >= 4 is 52.2 Å². The molecular formula is C13H8Cl4O2. The third kappa shape index (κ3) is 1.58. The number of Topliss-reactive ketones (excluding diaryl/α,β-unsaturated/α-hetero) is 1. The Morgan fingerprint density at radius 3 is 2.37 bits per heavy atom. The fourth-order valence-corrected chi connectivity index (χ4v) is 3.98. The molecule has 0 amide bonds. The van der Waals surface area contributed by atoms with Gasteiger partial charge in [-0.2, -0.15) is 0 Å². The second-order valence-electron chi connectivity index (χ2n) is 4.58. The lowest BCUT2D eigenvalue weighted by molar-refractivity contribution is -0.139. The summed E-state index contributed by atoms with van der Waals surface area (Å²) in [5, 5.41) is 0.939. The molecule has 0 N–H and O–H groups in total. The van der Waals surface area contributed by atoms with Crippen LogP contribution in [0.2, 0.25) is 20.1 Å². The number of halogens is 4. The maximum atomic E-state index is 12.3. The van der Waals surface area contributed by atoms with E-state index in [-0.39, 0.29) is 26.8 Å². The van der Waals surface area contributed by atoms with Gasteiger partial charge in [0.15, 0.2) is 11.4 Å². The molecule has 3 aliphatic carbocycles. The fourth-order valence-electron chi connectivity index (χ4n) is 2.83. The number of methoxy groups -OCH3 is 1. The maximum Gasteiger partial charge on any atom is 0.174 e. The van der Waals surface area contributed by atoms with Crippen molar-refractivity contribution in [3.05, 3.63) is 43.4 Å². The van der Waals surface area contributed by atoms with Crippen molar-refractivity contribution in [3.8, 4) is 0 Å². The Bertz CT molecular complexity index is 638. The molecule has 0 fully saturated rings. The van der Waals surface area contributed by atoms with Gasteiger partial charge in [0.2, 0.25) is 0 Å². The SMILES string of the molecule is CO[C@@]12C=C[C@H](CC1=O)c1c(Cl)c(Cl)c(Cl)c(Cl)c12. The third-order valence-electron chi connectivity index (χ3n) is 3.75. The van der Waals surface area contributed by atoms with Crippen molar-refractivity contribution in [2.45, 2.75) is 17.9 Å². The number of benzene rings is 1. The number of allylic oxidation sites excluding steroid dienone is 1. The molecule has 3 aliphatic rings. The highest BCUT2D eigenvalue weighted by molar-refractivity contribution is 6.52. The van der Waals surface area contributed by atoms with Gasteiger partial charge in [-0.25, -0.2) is 0 Å². The van der Waals surface area contributed by atoms with E-state index in [1.165, 1.54) is 7.11 Å². The van der Waals surface area contributed by atoms with E-state index >= 15 is 0 Å². The van der Waals surface area contributed by atoms with Crippen LogP contribution < -0.4 is 0 Å². The van der Waals surface area contributed by atoms with Crippen LogP contribution >= 0.6 is 46.4 Å². The van der Waals surface area contributed by atoms with Gasteiger partial charge in [-0.1, -0.05) is 52.5 Å². The highest BCUT2D eigenvalue weighted by Crippen LogP contribution is 2.56. The molecular weight excluding hydrogens is 330 g/mol. The first-order valence-electron chi connectivity index (χ1n) is 5.58. The fraction of sp³-hybridized carbons (Fsp3) is 0.308. The van der Waals surface area contributed by atoms with Crippen LogP contribution in [-0.4, -0.2) is 12.9 Å². The van der Waals surface area contributed by atoms with Gasteiger partial charge in [-0.05, 0) is 11.6 Å². The molecule has 19 heavy (non-hydrogen) atoms. The number of hydrogen-bond donors (Lipinski definition) is 0. The molecule has 0 aliphatic heterocycles. The summed E-state index contributed by atoms with van der Waals surface area (Å²) in [5.74, 6) is -0.175.